The monoisotopic (exact) mass is 666 g/mol. The predicted octanol–water partition coefficient (Wildman–Crippen LogP) is 10.9. The Bertz CT molecular complexity index is 1710. The molecule has 0 atom stereocenters. The minimum Gasteiger partial charge on any atom is -0.491 e. The van der Waals surface area contributed by atoms with E-state index >= 15 is 0 Å². The molecule has 0 spiro atoms. The molecule has 4 nitrogen and oxygen atoms in total. The second-order valence-electron chi connectivity index (χ2n) is 13.0. The Morgan fingerprint density at radius 2 is 0.860 bits per heavy atom. The maximum Gasteiger partial charge on any atom is 0.125 e. The van der Waals surface area contributed by atoms with Crippen LogP contribution in [0, 0.1) is 34.6 Å². The van der Waals surface area contributed by atoms with Crippen molar-refractivity contribution in [3.8, 4) is 11.5 Å². The SMILES string of the molecule is C=Cc1ccc(COCCOc2c(C)cc(C(c3ccc(C)cc3)c3cc(C)c(OCCOCc4ccc(C=C)cc4)c(C)c3)cc2C)cc1. The van der Waals surface area contributed by atoms with Gasteiger partial charge in [0.15, 0.2) is 0 Å². The van der Waals surface area contributed by atoms with Gasteiger partial charge in [-0.15, -0.1) is 0 Å². The van der Waals surface area contributed by atoms with Gasteiger partial charge in [-0.2, -0.15) is 0 Å². The Balaban J connectivity index is 1.26. The third-order valence-corrected chi connectivity index (χ3v) is 8.96. The lowest BCUT2D eigenvalue weighted by atomic mass is 9.82. The van der Waals surface area contributed by atoms with Crippen molar-refractivity contribution in [3.05, 3.63) is 177 Å². The van der Waals surface area contributed by atoms with E-state index in [2.05, 4.69) is 145 Å². The van der Waals surface area contributed by atoms with Crippen molar-refractivity contribution in [1.29, 1.82) is 0 Å². The van der Waals surface area contributed by atoms with Crippen LogP contribution in [0.4, 0.5) is 0 Å². The fraction of sp³-hybridized carbons (Fsp3) is 0.261. The van der Waals surface area contributed by atoms with Gasteiger partial charge in [0.25, 0.3) is 0 Å². The minimum absolute atomic E-state index is 0.0557. The Kier molecular flexibility index (Phi) is 12.9. The zero-order valence-electron chi connectivity index (χ0n) is 30.3. The highest BCUT2D eigenvalue weighted by atomic mass is 16.5. The molecule has 0 bridgehead atoms. The normalized spacial score (nSPS) is 11.1. The summed E-state index contributed by atoms with van der Waals surface area (Å²) in [7, 11) is 0. The maximum atomic E-state index is 6.28. The van der Waals surface area contributed by atoms with E-state index in [1.165, 1.54) is 22.3 Å². The van der Waals surface area contributed by atoms with Crippen LogP contribution < -0.4 is 9.47 Å². The molecule has 0 fully saturated rings. The van der Waals surface area contributed by atoms with Crippen LogP contribution >= 0.6 is 0 Å². The highest BCUT2D eigenvalue weighted by molar-refractivity contribution is 5.54. The average molecular weight is 667 g/mol. The molecule has 0 N–H and O–H groups in total. The van der Waals surface area contributed by atoms with Gasteiger partial charge in [-0.1, -0.05) is 128 Å². The van der Waals surface area contributed by atoms with E-state index in [1.54, 1.807) is 0 Å². The van der Waals surface area contributed by atoms with Gasteiger partial charge in [-0.05, 0) is 95.8 Å². The lowest BCUT2D eigenvalue weighted by molar-refractivity contribution is 0.0885. The molecule has 50 heavy (non-hydrogen) atoms. The summed E-state index contributed by atoms with van der Waals surface area (Å²) >= 11 is 0. The van der Waals surface area contributed by atoms with E-state index in [4.69, 9.17) is 18.9 Å². The molecule has 0 aliphatic carbocycles. The Hall–Kier alpha value is -4.90. The second kappa shape index (κ2) is 17.7. The van der Waals surface area contributed by atoms with Crippen LogP contribution in [0.1, 0.15) is 72.7 Å². The summed E-state index contributed by atoms with van der Waals surface area (Å²) in [6.45, 7) is 21.4. The highest BCUT2D eigenvalue weighted by Gasteiger charge is 2.21. The first-order valence-electron chi connectivity index (χ1n) is 17.4. The summed E-state index contributed by atoms with van der Waals surface area (Å²) in [5, 5.41) is 0. The van der Waals surface area contributed by atoms with Gasteiger partial charge in [0.1, 0.15) is 24.7 Å². The van der Waals surface area contributed by atoms with Crippen molar-refractivity contribution < 1.29 is 18.9 Å². The molecular formula is C46H50O4. The van der Waals surface area contributed by atoms with E-state index < -0.39 is 0 Å². The van der Waals surface area contributed by atoms with Crippen LogP contribution in [-0.4, -0.2) is 26.4 Å². The highest BCUT2D eigenvalue weighted by Crippen LogP contribution is 2.38. The summed E-state index contributed by atoms with van der Waals surface area (Å²) in [4.78, 5) is 0. The summed E-state index contributed by atoms with van der Waals surface area (Å²) in [5.41, 5.74) is 13.9. The molecule has 0 radical (unpaired) electrons. The first-order chi connectivity index (χ1) is 24.2. The van der Waals surface area contributed by atoms with Crippen LogP contribution in [0.3, 0.4) is 0 Å². The lowest BCUT2D eigenvalue weighted by Crippen LogP contribution is -2.11. The minimum atomic E-state index is 0.0557. The third-order valence-electron chi connectivity index (χ3n) is 8.96. The summed E-state index contributed by atoms with van der Waals surface area (Å²) in [6.07, 6.45) is 3.69. The molecule has 0 saturated carbocycles. The van der Waals surface area contributed by atoms with Crippen LogP contribution in [0.5, 0.6) is 11.5 Å². The van der Waals surface area contributed by atoms with Crippen molar-refractivity contribution in [2.24, 2.45) is 0 Å². The van der Waals surface area contributed by atoms with Crippen LogP contribution in [0.2, 0.25) is 0 Å². The van der Waals surface area contributed by atoms with Crippen molar-refractivity contribution in [1.82, 2.24) is 0 Å². The molecule has 0 aliphatic rings. The lowest BCUT2D eigenvalue weighted by Gasteiger charge is -2.24. The first kappa shape index (κ1) is 36.4. The van der Waals surface area contributed by atoms with Gasteiger partial charge in [-0.25, -0.2) is 0 Å². The van der Waals surface area contributed by atoms with Crippen molar-refractivity contribution in [2.45, 2.75) is 53.8 Å². The second-order valence-corrected chi connectivity index (χ2v) is 13.0. The number of rotatable bonds is 17. The largest absolute Gasteiger partial charge is 0.491 e. The summed E-state index contributed by atoms with van der Waals surface area (Å²) in [6, 6.07) is 34.4. The van der Waals surface area contributed by atoms with Gasteiger partial charge < -0.3 is 18.9 Å². The van der Waals surface area contributed by atoms with Crippen molar-refractivity contribution >= 4 is 12.2 Å². The van der Waals surface area contributed by atoms with E-state index in [0.29, 0.717) is 39.6 Å². The van der Waals surface area contributed by atoms with Gasteiger partial charge in [0.2, 0.25) is 0 Å². The quantitative estimate of drug-likeness (QED) is 0.0731. The standard InChI is InChI=1S/C46H50O4/c1-8-37-12-16-39(17-13-37)30-47-22-24-49-45-33(4)26-42(27-34(45)5)44(41-20-10-32(3)11-21-41)43-28-35(6)46(36(7)29-43)50-25-23-48-31-40-18-14-38(9-2)15-19-40/h8-21,26-29,44H,1-2,22-25,30-31H2,3-7H3. The van der Waals surface area contributed by atoms with E-state index in [9.17, 15) is 0 Å². The summed E-state index contributed by atoms with van der Waals surface area (Å²) < 4.78 is 24.4. The van der Waals surface area contributed by atoms with E-state index in [1.807, 2.05) is 12.2 Å². The first-order valence-corrected chi connectivity index (χ1v) is 17.4. The van der Waals surface area contributed by atoms with E-state index in [0.717, 1.165) is 56.0 Å². The number of benzene rings is 5. The number of hydrogen-bond donors (Lipinski definition) is 0. The van der Waals surface area contributed by atoms with Gasteiger partial charge >= 0.3 is 0 Å². The van der Waals surface area contributed by atoms with Crippen molar-refractivity contribution in [3.63, 3.8) is 0 Å². The third kappa shape index (κ3) is 9.62. The average Bonchev–Trinajstić information content (AvgIpc) is 3.11. The molecule has 5 rings (SSSR count). The topological polar surface area (TPSA) is 36.9 Å². The van der Waals surface area contributed by atoms with Gasteiger partial charge in [-0.3, -0.25) is 0 Å². The van der Waals surface area contributed by atoms with Crippen molar-refractivity contribution in [2.75, 3.05) is 26.4 Å². The maximum absolute atomic E-state index is 6.28. The molecule has 5 aromatic carbocycles. The molecule has 0 unspecified atom stereocenters. The van der Waals surface area contributed by atoms with E-state index in [-0.39, 0.29) is 5.92 Å². The molecule has 5 aromatic rings. The smallest absolute Gasteiger partial charge is 0.125 e. The molecule has 0 aromatic heterocycles. The number of hydrogen-bond acceptors (Lipinski definition) is 4. The molecule has 0 amide bonds. The molecule has 4 heteroatoms. The number of aryl methyl sites for hydroxylation is 5. The summed E-state index contributed by atoms with van der Waals surface area (Å²) in [5.74, 6) is 1.89. The fourth-order valence-electron chi connectivity index (χ4n) is 6.38. The Labute approximate surface area is 299 Å². The van der Waals surface area contributed by atoms with Gasteiger partial charge in [0, 0.05) is 5.92 Å². The number of ether oxygens (including phenoxy) is 4. The molecule has 0 heterocycles. The predicted molar refractivity (Wildman–Crippen MR) is 207 cm³/mol. The van der Waals surface area contributed by atoms with Crippen LogP contribution in [-0.2, 0) is 22.7 Å². The Morgan fingerprint density at radius 3 is 1.22 bits per heavy atom. The van der Waals surface area contributed by atoms with Crippen LogP contribution in [0.15, 0.2) is 110 Å². The molecule has 0 saturated heterocycles. The zero-order valence-corrected chi connectivity index (χ0v) is 30.3. The Morgan fingerprint density at radius 1 is 0.480 bits per heavy atom. The molecule has 0 aliphatic heterocycles. The van der Waals surface area contributed by atoms with Gasteiger partial charge in [0.05, 0.1) is 26.4 Å². The zero-order chi connectivity index (χ0) is 35.5. The molecular weight excluding hydrogens is 617 g/mol. The molecule has 258 valence electrons. The van der Waals surface area contributed by atoms with Crippen LogP contribution in [0.25, 0.3) is 12.2 Å². The fourth-order valence-corrected chi connectivity index (χ4v) is 6.38.